The van der Waals surface area contributed by atoms with Gasteiger partial charge in [0.25, 0.3) is 0 Å². The van der Waals surface area contributed by atoms with E-state index in [9.17, 15) is 0 Å². The maximum absolute atomic E-state index is 5.65. The van der Waals surface area contributed by atoms with Crippen LogP contribution in [0.1, 0.15) is 119 Å². The highest BCUT2D eigenvalue weighted by molar-refractivity contribution is 7.62. The number of hydrogen-bond donors (Lipinski definition) is 1. The Labute approximate surface area is 233 Å². The van der Waals surface area contributed by atoms with Gasteiger partial charge >= 0.3 is 0 Å². The zero-order valence-electron chi connectivity index (χ0n) is 24.0. The molecule has 0 atom stereocenters. The van der Waals surface area contributed by atoms with E-state index in [1.807, 2.05) is 0 Å². The Balaban J connectivity index is 1.45. The molecule has 1 aliphatic heterocycles. The Hall–Kier alpha value is -1.66. The third-order valence-corrected chi connectivity index (χ3v) is 14.8. The minimum absolute atomic E-state index is 0.0983. The van der Waals surface area contributed by atoms with E-state index in [0.29, 0.717) is 5.16 Å². The summed E-state index contributed by atoms with van der Waals surface area (Å²) < 4.78 is 0. The fourth-order valence-electron chi connectivity index (χ4n) is 8.77. The molecule has 2 nitrogen and oxygen atoms in total. The molecule has 0 unspecified atom stereocenters. The van der Waals surface area contributed by atoms with Crippen LogP contribution in [0, 0.1) is 13.8 Å². The van der Waals surface area contributed by atoms with Crippen LogP contribution in [-0.2, 0) is 5.54 Å². The van der Waals surface area contributed by atoms with E-state index in [1.165, 1.54) is 124 Å². The highest BCUT2D eigenvalue weighted by Crippen LogP contribution is 2.68. The third-order valence-electron chi connectivity index (χ3n) is 10.6. The molecular formula is C35H49N2P. The van der Waals surface area contributed by atoms with Gasteiger partial charge in [-0.15, -0.1) is 0 Å². The fourth-order valence-corrected chi connectivity index (χ4v) is 13.8. The van der Waals surface area contributed by atoms with Crippen molar-refractivity contribution < 1.29 is 0 Å². The maximum Gasteiger partial charge on any atom is 0.109 e. The van der Waals surface area contributed by atoms with Crippen LogP contribution in [-0.4, -0.2) is 28.9 Å². The first-order valence-corrected chi connectivity index (χ1v) is 17.4. The van der Waals surface area contributed by atoms with Crippen molar-refractivity contribution in [1.82, 2.24) is 5.32 Å². The molecule has 2 aromatic carbocycles. The standard InChI is InChI=1S/C35H49N2P/c1-27-16-10-12-22-31(27)35(32-23-13-11-17-28(32)2)26-36-33(37-35)34(24-14-5-15-25-34)38(29-18-6-3-7-19-29)30-20-8-4-9-21-30/h10-13,16-17,22-23,29-30H,3-9,14-15,18-21,24-26H2,1-2H3,(H,36,37). The number of aliphatic imine (C=N–C) groups is 1. The average molecular weight is 529 g/mol. The van der Waals surface area contributed by atoms with Crippen LogP contribution >= 0.6 is 7.92 Å². The number of amidine groups is 1. The largest absolute Gasteiger partial charge is 0.358 e. The summed E-state index contributed by atoms with van der Waals surface area (Å²) in [5.41, 5.74) is 7.24. The van der Waals surface area contributed by atoms with E-state index >= 15 is 0 Å². The van der Waals surface area contributed by atoms with Gasteiger partial charge in [0.05, 0.1) is 6.54 Å². The third kappa shape index (κ3) is 4.78. The number of benzene rings is 2. The summed E-state index contributed by atoms with van der Waals surface area (Å²) in [5, 5.41) is 4.65. The van der Waals surface area contributed by atoms with Crippen molar-refractivity contribution in [2.45, 2.75) is 132 Å². The van der Waals surface area contributed by atoms with Gasteiger partial charge < -0.3 is 5.32 Å². The Morgan fingerprint density at radius 3 is 1.63 bits per heavy atom. The first-order chi connectivity index (χ1) is 18.6. The molecule has 0 aromatic heterocycles. The Bertz CT molecular complexity index is 1050. The van der Waals surface area contributed by atoms with Gasteiger partial charge in [-0.05, 0) is 85.9 Å². The van der Waals surface area contributed by atoms with E-state index in [4.69, 9.17) is 4.99 Å². The molecule has 204 valence electrons. The Kier molecular flexibility index (Phi) is 8.00. The molecule has 3 aliphatic carbocycles. The van der Waals surface area contributed by atoms with Crippen LogP contribution in [0.5, 0.6) is 0 Å². The van der Waals surface area contributed by atoms with Gasteiger partial charge in [-0.3, -0.25) is 4.99 Å². The molecule has 1 N–H and O–H groups in total. The molecule has 3 fully saturated rings. The van der Waals surface area contributed by atoms with Gasteiger partial charge in [0, 0.05) is 5.16 Å². The molecule has 0 saturated heterocycles. The van der Waals surface area contributed by atoms with Crippen molar-refractivity contribution in [2.75, 3.05) is 6.54 Å². The second kappa shape index (κ2) is 11.4. The SMILES string of the molecule is Cc1ccccc1C1(c2ccccc2C)CN=C(C2(P(C3CCCCC3)C3CCCCC3)CCCCC2)N1. The van der Waals surface area contributed by atoms with Crippen LogP contribution < -0.4 is 5.32 Å². The number of nitrogens with one attached hydrogen (secondary N) is 1. The first kappa shape index (κ1) is 26.6. The number of rotatable bonds is 6. The molecule has 3 heteroatoms. The van der Waals surface area contributed by atoms with Crippen LogP contribution in [0.15, 0.2) is 53.5 Å². The second-order valence-corrected chi connectivity index (χ2v) is 16.0. The summed E-state index contributed by atoms with van der Waals surface area (Å²) in [4.78, 5) is 5.65. The van der Waals surface area contributed by atoms with E-state index in [-0.39, 0.29) is 13.5 Å². The minimum atomic E-state index is -0.253. The molecule has 38 heavy (non-hydrogen) atoms. The Morgan fingerprint density at radius 2 is 1.13 bits per heavy atom. The zero-order valence-corrected chi connectivity index (χ0v) is 24.9. The maximum atomic E-state index is 5.65. The van der Waals surface area contributed by atoms with Gasteiger partial charge in [0.1, 0.15) is 11.4 Å². The van der Waals surface area contributed by atoms with E-state index in [1.54, 1.807) is 0 Å². The summed E-state index contributed by atoms with van der Waals surface area (Å²) in [6, 6.07) is 18.2. The molecule has 0 spiro atoms. The lowest BCUT2D eigenvalue weighted by Crippen LogP contribution is -2.54. The summed E-state index contributed by atoms with van der Waals surface area (Å²) >= 11 is 0. The summed E-state index contributed by atoms with van der Waals surface area (Å²) in [6.07, 6.45) is 21.6. The zero-order chi connectivity index (χ0) is 26.0. The van der Waals surface area contributed by atoms with E-state index in [2.05, 4.69) is 67.7 Å². The lowest BCUT2D eigenvalue weighted by Gasteiger charge is -2.53. The molecular weight excluding hydrogens is 479 g/mol. The molecule has 0 radical (unpaired) electrons. The predicted molar refractivity (Wildman–Crippen MR) is 165 cm³/mol. The Morgan fingerprint density at radius 1 is 0.658 bits per heavy atom. The number of hydrogen-bond acceptors (Lipinski definition) is 2. The molecule has 6 rings (SSSR count). The predicted octanol–water partition coefficient (Wildman–Crippen LogP) is 9.40. The number of aryl methyl sites for hydroxylation is 2. The summed E-state index contributed by atoms with van der Waals surface area (Å²) in [6.45, 7) is 5.42. The van der Waals surface area contributed by atoms with Gasteiger partial charge in [0.2, 0.25) is 0 Å². The van der Waals surface area contributed by atoms with Crippen molar-refractivity contribution in [3.63, 3.8) is 0 Å². The lowest BCUT2D eigenvalue weighted by atomic mass is 9.78. The van der Waals surface area contributed by atoms with Crippen molar-refractivity contribution in [2.24, 2.45) is 4.99 Å². The van der Waals surface area contributed by atoms with Crippen molar-refractivity contribution in [3.05, 3.63) is 70.8 Å². The minimum Gasteiger partial charge on any atom is -0.358 e. The van der Waals surface area contributed by atoms with E-state index in [0.717, 1.165) is 17.9 Å². The average Bonchev–Trinajstić information content (AvgIpc) is 3.42. The molecule has 0 amide bonds. The molecule has 0 bridgehead atoms. The highest BCUT2D eigenvalue weighted by atomic mass is 31.1. The lowest BCUT2D eigenvalue weighted by molar-refractivity contribution is 0.424. The van der Waals surface area contributed by atoms with Crippen LogP contribution in [0.2, 0.25) is 0 Å². The van der Waals surface area contributed by atoms with Crippen LogP contribution in [0.3, 0.4) is 0 Å². The molecule has 3 saturated carbocycles. The first-order valence-electron chi connectivity index (χ1n) is 15.9. The molecule has 4 aliphatic rings. The molecule has 2 aromatic rings. The smallest absolute Gasteiger partial charge is 0.109 e. The molecule has 1 heterocycles. The highest BCUT2D eigenvalue weighted by Gasteiger charge is 2.54. The summed E-state index contributed by atoms with van der Waals surface area (Å²) in [7, 11) is -0.0983. The van der Waals surface area contributed by atoms with Crippen LogP contribution in [0.25, 0.3) is 0 Å². The van der Waals surface area contributed by atoms with Gasteiger partial charge in [0.15, 0.2) is 0 Å². The van der Waals surface area contributed by atoms with Crippen molar-refractivity contribution >= 4 is 13.8 Å². The normalized spacial score (nSPS) is 24.2. The summed E-state index contributed by atoms with van der Waals surface area (Å²) in [5.74, 6) is 1.42. The second-order valence-electron chi connectivity index (χ2n) is 12.9. The van der Waals surface area contributed by atoms with Gasteiger partial charge in [-0.2, -0.15) is 0 Å². The van der Waals surface area contributed by atoms with Crippen molar-refractivity contribution in [1.29, 1.82) is 0 Å². The number of nitrogens with zero attached hydrogens (tertiary/aromatic N) is 1. The quantitative estimate of drug-likeness (QED) is 0.371. The van der Waals surface area contributed by atoms with E-state index < -0.39 is 0 Å². The van der Waals surface area contributed by atoms with Crippen molar-refractivity contribution in [3.8, 4) is 0 Å². The topological polar surface area (TPSA) is 24.4 Å². The fraction of sp³-hybridized carbons (Fsp3) is 0.629. The van der Waals surface area contributed by atoms with Gasteiger partial charge in [-0.1, -0.05) is 114 Å². The van der Waals surface area contributed by atoms with Crippen LogP contribution in [0.4, 0.5) is 0 Å². The monoisotopic (exact) mass is 528 g/mol. The van der Waals surface area contributed by atoms with Gasteiger partial charge in [-0.25, -0.2) is 0 Å².